The SMILES string of the molecule is O=C(O)C1CCCCC1N1CCCCCCC1. The molecule has 3 heteroatoms. The first-order valence-electron chi connectivity index (χ1n) is 7.26. The Bertz CT molecular complexity index is 247. The van der Waals surface area contributed by atoms with Crippen LogP contribution in [0.3, 0.4) is 0 Å². The maximum absolute atomic E-state index is 11.3. The van der Waals surface area contributed by atoms with Crippen LogP contribution in [0.1, 0.15) is 57.8 Å². The topological polar surface area (TPSA) is 40.5 Å². The van der Waals surface area contributed by atoms with E-state index in [0.29, 0.717) is 6.04 Å². The molecule has 1 aliphatic carbocycles. The molecule has 2 rings (SSSR count). The van der Waals surface area contributed by atoms with Crippen molar-refractivity contribution in [1.82, 2.24) is 4.90 Å². The standard InChI is InChI=1S/C14H25NO2/c16-14(17)12-8-4-5-9-13(12)15-10-6-2-1-3-7-11-15/h12-13H,1-11H2,(H,16,17). The first-order valence-corrected chi connectivity index (χ1v) is 7.26. The van der Waals surface area contributed by atoms with Gasteiger partial charge in [-0.1, -0.05) is 32.1 Å². The van der Waals surface area contributed by atoms with Crippen molar-refractivity contribution in [3.8, 4) is 0 Å². The van der Waals surface area contributed by atoms with Gasteiger partial charge in [-0.05, 0) is 38.8 Å². The molecule has 1 saturated carbocycles. The van der Waals surface area contributed by atoms with Crippen molar-refractivity contribution in [1.29, 1.82) is 0 Å². The minimum Gasteiger partial charge on any atom is -0.481 e. The van der Waals surface area contributed by atoms with E-state index in [1.54, 1.807) is 0 Å². The molecule has 1 saturated heterocycles. The van der Waals surface area contributed by atoms with Crippen LogP contribution in [-0.4, -0.2) is 35.1 Å². The van der Waals surface area contributed by atoms with E-state index in [0.717, 1.165) is 32.4 Å². The van der Waals surface area contributed by atoms with Gasteiger partial charge in [0.25, 0.3) is 0 Å². The summed E-state index contributed by atoms with van der Waals surface area (Å²) in [6, 6.07) is 0.319. The molecule has 0 aromatic heterocycles. The Morgan fingerprint density at radius 1 is 0.882 bits per heavy atom. The summed E-state index contributed by atoms with van der Waals surface area (Å²) in [5.41, 5.74) is 0. The summed E-state index contributed by atoms with van der Waals surface area (Å²) in [5, 5.41) is 9.34. The Kier molecular flexibility index (Phi) is 4.84. The fraction of sp³-hybridized carbons (Fsp3) is 0.929. The molecule has 0 spiro atoms. The van der Waals surface area contributed by atoms with Gasteiger partial charge in [0.05, 0.1) is 5.92 Å². The highest BCUT2D eigenvalue weighted by Crippen LogP contribution is 2.30. The third-order valence-electron chi connectivity index (χ3n) is 4.41. The van der Waals surface area contributed by atoms with Crippen LogP contribution in [0.25, 0.3) is 0 Å². The van der Waals surface area contributed by atoms with E-state index in [1.165, 1.54) is 38.5 Å². The molecular formula is C14H25NO2. The van der Waals surface area contributed by atoms with E-state index in [1.807, 2.05) is 0 Å². The number of rotatable bonds is 2. The van der Waals surface area contributed by atoms with Gasteiger partial charge in [0.2, 0.25) is 0 Å². The highest BCUT2D eigenvalue weighted by atomic mass is 16.4. The predicted octanol–water partition coefficient (Wildman–Crippen LogP) is 2.90. The van der Waals surface area contributed by atoms with Gasteiger partial charge in [0, 0.05) is 6.04 Å². The predicted molar refractivity (Wildman–Crippen MR) is 68.0 cm³/mol. The minimum atomic E-state index is -0.572. The summed E-state index contributed by atoms with van der Waals surface area (Å²) in [6.45, 7) is 2.24. The van der Waals surface area contributed by atoms with Crippen LogP contribution in [0.4, 0.5) is 0 Å². The first kappa shape index (κ1) is 12.9. The van der Waals surface area contributed by atoms with Crippen molar-refractivity contribution in [2.24, 2.45) is 5.92 Å². The van der Waals surface area contributed by atoms with Crippen LogP contribution in [0.5, 0.6) is 0 Å². The number of carboxylic acids is 1. The van der Waals surface area contributed by atoms with Crippen LogP contribution < -0.4 is 0 Å². The summed E-state index contributed by atoms with van der Waals surface area (Å²) < 4.78 is 0. The van der Waals surface area contributed by atoms with Gasteiger partial charge in [0.1, 0.15) is 0 Å². The number of hydrogen-bond donors (Lipinski definition) is 1. The molecule has 1 aliphatic heterocycles. The lowest BCUT2D eigenvalue weighted by Crippen LogP contribution is -2.46. The summed E-state index contributed by atoms with van der Waals surface area (Å²) in [4.78, 5) is 13.8. The number of aliphatic carboxylic acids is 1. The first-order chi connectivity index (χ1) is 8.29. The van der Waals surface area contributed by atoms with Crippen molar-refractivity contribution in [2.75, 3.05) is 13.1 Å². The molecule has 0 bridgehead atoms. The number of likely N-dealkylation sites (tertiary alicyclic amines) is 1. The van der Waals surface area contributed by atoms with E-state index in [2.05, 4.69) is 4.90 Å². The average Bonchev–Trinajstić information content (AvgIpc) is 2.28. The lowest BCUT2D eigenvalue weighted by atomic mass is 9.83. The van der Waals surface area contributed by atoms with Crippen molar-refractivity contribution in [3.63, 3.8) is 0 Å². The number of nitrogens with zero attached hydrogens (tertiary/aromatic N) is 1. The van der Waals surface area contributed by atoms with E-state index in [4.69, 9.17) is 0 Å². The summed E-state index contributed by atoms with van der Waals surface area (Å²) in [6.07, 6.45) is 10.8. The largest absolute Gasteiger partial charge is 0.481 e. The van der Waals surface area contributed by atoms with Crippen LogP contribution >= 0.6 is 0 Å². The molecule has 0 radical (unpaired) electrons. The van der Waals surface area contributed by atoms with Gasteiger partial charge in [-0.25, -0.2) is 0 Å². The molecular weight excluding hydrogens is 214 g/mol. The molecule has 17 heavy (non-hydrogen) atoms. The zero-order valence-electron chi connectivity index (χ0n) is 10.7. The minimum absolute atomic E-state index is 0.108. The van der Waals surface area contributed by atoms with Gasteiger partial charge in [-0.3, -0.25) is 9.69 Å². The second-order valence-corrected chi connectivity index (χ2v) is 5.60. The maximum atomic E-state index is 11.3. The third kappa shape index (κ3) is 3.44. The Morgan fingerprint density at radius 3 is 2.12 bits per heavy atom. The second kappa shape index (κ2) is 6.39. The van der Waals surface area contributed by atoms with E-state index < -0.39 is 5.97 Å². The Labute approximate surface area is 104 Å². The Morgan fingerprint density at radius 2 is 1.47 bits per heavy atom. The zero-order valence-corrected chi connectivity index (χ0v) is 10.7. The van der Waals surface area contributed by atoms with Crippen molar-refractivity contribution in [3.05, 3.63) is 0 Å². The second-order valence-electron chi connectivity index (χ2n) is 5.60. The normalized spacial score (nSPS) is 32.7. The van der Waals surface area contributed by atoms with Gasteiger partial charge in [0.15, 0.2) is 0 Å². The highest BCUT2D eigenvalue weighted by molar-refractivity contribution is 5.71. The quantitative estimate of drug-likeness (QED) is 0.805. The number of carbonyl (C=O) groups is 1. The van der Waals surface area contributed by atoms with Crippen molar-refractivity contribution < 1.29 is 9.90 Å². The van der Waals surface area contributed by atoms with Crippen LogP contribution in [-0.2, 0) is 4.79 Å². The average molecular weight is 239 g/mol. The van der Waals surface area contributed by atoms with Crippen molar-refractivity contribution >= 4 is 5.97 Å². The Hall–Kier alpha value is -0.570. The molecule has 0 amide bonds. The molecule has 2 fully saturated rings. The number of carboxylic acid groups (broad SMARTS) is 1. The fourth-order valence-corrected chi connectivity index (χ4v) is 3.44. The van der Waals surface area contributed by atoms with E-state index in [9.17, 15) is 9.90 Å². The molecule has 98 valence electrons. The monoisotopic (exact) mass is 239 g/mol. The lowest BCUT2D eigenvalue weighted by molar-refractivity contribution is -0.145. The third-order valence-corrected chi connectivity index (χ3v) is 4.41. The highest BCUT2D eigenvalue weighted by Gasteiger charge is 2.34. The summed E-state index contributed by atoms with van der Waals surface area (Å²) in [5.74, 6) is -0.681. The van der Waals surface area contributed by atoms with E-state index >= 15 is 0 Å². The van der Waals surface area contributed by atoms with Crippen molar-refractivity contribution in [2.45, 2.75) is 63.8 Å². The molecule has 2 atom stereocenters. The van der Waals surface area contributed by atoms with Crippen LogP contribution in [0.15, 0.2) is 0 Å². The Balaban J connectivity index is 1.98. The molecule has 1 N–H and O–H groups in total. The smallest absolute Gasteiger partial charge is 0.308 e. The van der Waals surface area contributed by atoms with Gasteiger partial charge in [-0.2, -0.15) is 0 Å². The number of hydrogen-bond acceptors (Lipinski definition) is 2. The molecule has 1 heterocycles. The molecule has 2 aliphatic rings. The molecule has 2 unspecified atom stereocenters. The lowest BCUT2D eigenvalue weighted by Gasteiger charge is -2.39. The molecule has 0 aromatic carbocycles. The van der Waals surface area contributed by atoms with Crippen LogP contribution in [0, 0.1) is 5.92 Å². The van der Waals surface area contributed by atoms with E-state index in [-0.39, 0.29) is 5.92 Å². The van der Waals surface area contributed by atoms with Gasteiger partial charge in [-0.15, -0.1) is 0 Å². The molecule has 3 nitrogen and oxygen atoms in total. The van der Waals surface area contributed by atoms with Gasteiger partial charge < -0.3 is 5.11 Å². The maximum Gasteiger partial charge on any atom is 0.308 e. The zero-order chi connectivity index (χ0) is 12.1. The van der Waals surface area contributed by atoms with Crippen LogP contribution in [0.2, 0.25) is 0 Å². The summed E-state index contributed by atoms with van der Waals surface area (Å²) in [7, 11) is 0. The summed E-state index contributed by atoms with van der Waals surface area (Å²) >= 11 is 0. The fourth-order valence-electron chi connectivity index (χ4n) is 3.44. The van der Waals surface area contributed by atoms with Gasteiger partial charge >= 0.3 is 5.97 Å². The molecule has 0 aromatic rings.